The van der Waals surface area contributed by atoms with Crippen molar-refractivity contribution in [2.45, 2.75) is 39.7 Å². The maximum Gasteiger partial charge on any atom is 0.341 e. The van der Waals surface area contributed by atoms with E-state index in [4.69, 9.17) is 0 Å². The first-order valence-electron chi connectivity index (χ1n) is 10.1. The summed E-state index contributed by atoms with van der Waals surface area (Å²) >= 11 is 1.73. The normalized spacial score (nSPS) is 17.5. The minimum absolute atomic E-state index is 0.0767. The fourth-order valence-electron chi connectivity index (χ4n) is 4.79. The van der Waals surface area contributed by atoms with E-state index in [0.29, 0.717) is 0 Å². The van der Waals surface area contributed by atoms with Gasteiger partial charge in [0, 0.05) is 35.3 Å². The first kappa shape index (κ1) is 19.1. The van der Waals surface area contributed by atoms with E-state index in [0.717, 1.165) is 24.1 Å². The predicted molar refractivity (Wildman–Crippen MR) is 121 cm³/mol. The van der Waals surface area contributed by atoms with Crippen molar-refractivity contribution in [2.75, 3.05) is 0 Å². The number of carbonyl (C=O) groups is 1. The summed E-state index contributed by atoms with van der Waals surface area (Å²) in [5.41, 5.74) is 6.40. The summed E-state index contributed by atoms with van der Waals surface area (Å²) in [7, 11) is 0. The molecule has 0 saturated heterocycles. The molecule has 0 radical (unpaired) electrons. The number of benzene rings is 1. The first-order chi connectivity index (χ1) is 14.2. The zero-order valence-electron chi connectivity index (χ0n) is 17.2. The van der Waals surface area contributed by atoms with Crippen LogP contribution in [0.3, 0.4) is 0 Å². The van der Waals surface area contributed by atoms with E-state index in [1.165, 1.54) is 33.2 Å². The van der Waals surface area contributed by atoms with Crippen molar-refractivity contribution in [1.29, 1.82) is 0 Å². The number of hydrogen-bond donors (Lipinski definition) is 1. The van der Waals surface area contributed by atoms with Gasteiger partial charge in [0.05, 0.1) is 0 Å². The summed E-state index contributed by atoms with van der Waals surface area (Å²) in [5.74, 6) is -1.17. The van der Waals surface area contributed by atoms with E-state index in [1.54, 1.807) is 17.5 Å². The van der Waals surface area contributed by atoms with Gasteiger partial charge in [-0.1, -0.05) is 39.0 Å². The van der Waals surface area contributed by atoms with Crippen LogP contribution in [-0.2, 0) is 6.42 Å². The number of pyridine rings is 1. The molecule has 0 amide bonds. The average molecular weight is 418 g/mol. The predicted octanol–water partition coefficient (Wildman–Crippen LogP) is 5.73. The van der Waals surface area contributed by atoms with Crippen LogP contribution in [0, 0.1) is 5.41 Å². The minimum Gasteiger partial charge on any atom is -0.477 e. The number of rotatable bonds is 2. The molecule has 1 aliphatic carbocycles. The molecule has 0 saturated carbocycles. The molecular formula is C25H23NO3S. The van der Waals surface area contributed by atoms with Gasteiger partial charge in [0.25, 0.3) is 0 Å². The van der Waals surface area contributed by atoms with Crippen LogP contribution in [0.4, 0.5) is 0 Å². The van der Waals surface area contributed by atoms with Crippen molar-refractivity contribution in [1.82, 2.24) is 4.57 Å². The molecule has 1 N–H and O–H groups in total. The zero-order valence-corrected chi connectivity index (χ0v) is 18.0. The Bertz CT molecular complexity index is 1270. The van der Waals surface area contributed by atoms with E-state index in [1.807, 2.05) is 4.57 Å². The van der Waals surface area contributed by atoms with Gasteiger partial charge >= 0.3 is 5.97 Å². The summed E-state index contributed by atoms with van der Waals surface area (Å²) in [5, 5.41) is 11.6. The third kappa shape index (κ3) is 2.88. The number of nitrogens with zero attached hydrogens (tertiary/aromatic N) is 1. The topological polar surface area (TPSA) is 59.3 Å². The lowest BCUT2D eigenvalue weighted by molar-refractivity contribution is 0.0693. The molecule has 2 aromatic heterocycles. The van der Waals surface area contributed by atoms with E-state index >= 15 is 0 Å². The zero-order chi connectivity index (χ0) is 21.2. The van der Waals surface area contributed by atoms with Crippen molar-refractivity contribution < 1.29 is 9.90 Å². The summed E-state index contributed by atoms with van der Waals surface area (Å²) < 4.78 is 2.04. The van der Waals surface area contributed by atoms with Gasteiger partial charge in [0.15, 0.2) is 5.43 Å². The van der Waals surface area contributed by atoms with Crippen molar-refractivity contribution >= 4 is 28.5 Å². The largest absolute Gasteiger partial charge is 0.477 e. The molecule has 30 heavy (non-hydrogen) atoms. The molecule has 3 aromatic rings. The van der Waals surface area contributed by atoms with Gasteiger partial charge in [-0.05, 0) is 57.2 Å². The van der Waals surface area contributed by atoms with Crippen LogP contribution in [0.2, 0.25) is 0 Å². The maximum atomic E-state index is 12.5. The third-order valence-electron chi connectivity index (χ3n) is 6.32. The van der Waals surface area contributed by atoms with E-state index < -0.39 is 11.4 Å². The molecule has 5 rings (SSSR count). The van der Waals surface area contributed by atoms with E-state index in [-0.39, 0.29) is 17.0 Å². The van der Waals surface area contributed by atoms with Crippen molar-refractivity contribution in [3.8, 4) is 10.4 Å². The van der Waals surface area contributed by atoms with Crippen LogP contribution < -0.4 is 5.43 Å². The number of allylic oxidation sites excluding steroid dienone is 2. The summed E-state index contributed by atoms with van der Waals surface area (Å²) in [6, 6.07) is 12.5. The van der Waals surface area contributed by atoms with Gasteiger partial charge in [0.2, 0.25) is 0 Å². The quantitative estimate of drug-likeness (QED) is 0.579. The lowest BCUT2D eigenvalue weighted by Gasteiger charge is -2.39. The Labute approximate surface area is 179 Å². The number of aromatic carboxylic acids is 1. The van der Waals surface area contributed by atoms with Gasteiger partial charge in [-0.15, -0.1) is 11.3 Å². The highest BCUT2D eigenvalue weighted by Crippen LogP contribution is 2.50. The molecule has 0 bridgehead atoms. The molecule has 1 aliphatic heterocycles. The van der Waals surface area contributed by atoms with Gasteiger partial charge in [-0.2, -0.15) is 0 Å². The van der Waals surface area contributed by atoms with Crippen LogP contribution >= 0.6 is 11.3 Å². The molecule has 4 nitrogen and oxygen atoms in total. The molecule has 0 unspecified atom stereocenters. The van der Waals surface area contributed by atoms with Crippen LogP contribution in [-0.4, -0.2) is 15.6 Å². The van der Waals surface area contributed by atoms with Gasteiger partial charge in [0.1, 0.15) is 5.56 Å². The molecular weight excluding hydrogens is 394 g/mol. The Morgan fingerprint density at radius 3 is 2.63 bits per heavy atom. The monoisotopic (exact) mass is 417 g/mol. The fraction of sp³-hybridized carbons (Fsp3) is 0.280. The third-order valence-corrected chi connectivity index (χ3v) is 7.24. The van der Waals surface area contributed by atoms with Crippen LogP contribution in [0.25, 0.3) is 21.6 Å². The Morgan fingerprint density at radius 2 is 1.97 bits per heavy atom. The first-order valence-corrected chi connectivity index (χ1v) is 11.0. The molecule has 3 heterocycles. The Morgan fingerprint density at radius 1 is 1.17 bits per heavy atom. The number of fused-ring (bicyclic) bond motifs is 4. The highest BCUT2D eigenvalue weighted by atomic mass is 32.1. The summed E-state index contributed by atoms with van der Waals surface area (Å²) in [4.78, 5) is 25.4. The van der Waals surface area contributed by atoms with E-state index in [9.17, 15) is 14.7 Å². The Balaban J connectivity index is 1.68. The van der Waals surface area contributed by atoms with Gasteiger partial charge < -0.3 is 9.67 Å². The molecule has 0 spiro atoms. The number of carboxylic acid groups (broad SMARTS) is 1. The van der Waals surface area contributed by atoms with Crippen molar-refractivity contribution in [3.05, 3.63) is 80.6 Å². The summed E-state index contributed by atoms with van der Waals surface area (Å²) in [6.07, 6.45) is 3.16. The second-order valence-corrected chi connectivity index (χ2v) is 10.2. The molecule has 1 aromatic carbocycles. The van der Waals surface area contributed by atoms with E-state index in [2.05, 4.69) is 56.5 Å². The van der Waals surface area contributed by atoms with Crippen LogP contribution in [0.15, 0.2) is 52.8 Å². The maximum absolute atomic E-state index is 12.5. The van der Waals surface area contributed by atoms with Gasteiger partial charge in [-0.25, -0.2) is 4.79 Å². The van der Waals surface area contributed by atoms with Crippen molar-refractivity contribution in [3.63, 3.8) is 0 Å². The van der Waals surface area contributed by atoms with Crippen LogP contribution in [0.1, 0.15) is 60.4 Å². The average Bonchev–Trinajstić information content (AvgIpc) is 3.33. The minimum atomic E-state index is -1.17. The highest BCUT2D eigenvalue weighted by molar-refractivity contribution is 7.13. The fourth-order valence-corrected chi connectivity index (χ4v) is 5.52. The molecule has 5 heteroatoms. The number of thiophene rings is 1. The summed E-state index contributed by atoms with van der Waals surface area (Å²) in [6.45, 7) is 6.50. The smallest absolute Gasteiger partial charge is 0.341 e. The number of hydrogen-bond acceptors (Lipinski definition) is 3. The van der Waals surface area contributed by atoms with Crippen LogP contribution in [0.5, 0.6) is 0 Å². The second kappa shape index (κ2) is 6.54. The molecule has 152 valence electrons. The molecule has 1 atom stereocenters. The molecule has 2 aliphatic rings. The molecule has 0 fully saturated rings. The Hall–Kier alpha value is -2.92. The lowest BCUT2D eigenvalue weighted by atomic mass is 9.78. The second-order valence-electron chi connectivity index (χ2n) is 9.22. The number of aromatic nitrogens is 1. The highest BCUT2D eigenvalue weighted by Gasteiger charge is 2.37. The standard InChI is InChI=1S/C25H23NO3S/c1-25(2,3)23-11-17-16-7-6-14(22-5-4-8-30-22)9-15(16)10-18(17)20-12-21(27)19(24(28)29)13-26(20)23/h4-9,12-13,23H,10-11H2,1-3H3,(H,28,29)/t23-/m0/s1. The SMILES string of the molecule is CC(C)(C)[C@@H]1CC2=C(Cc3cc(-c4cccs4)ccc32)c2cc(=O)c(C(=O)O)cn21. The van der Waals surface area contributed by atoms with Gasteiger partial charge in [-0.3, -0.25) is 4.79 Å². The van der Waals surface area contributed by atoms with Crippen molar-refractivity contribution in [2.24, 2.45) is 5.41 Å². The number of carboxylic acids is 1. The lowest BCUT2D eigenvalue weighted by Crippen LogP contribution is -2.32. The Kier molecular flexibility index (Phi) is 4.16.